The summed E-state index contributed by atoms with van der Waals surface area (Å²) in [5, 5.41) is 0.231. The van der Waals surface area contributed by atoms with Crippen LogP contribution in [0.4, 0.5) is 0 Å². The van der Waals surface area contributed by atoms with E-state index in [0.29, 0.717) is 6.61 Å². The van der Waals surface area contributed by atoms with Crippen LogP contribution in [0.1, 0.15) is 40.0 Å². The minimum absolute atomic E-state index is 0.121. The second kappa shape index (κ2) is 7.21. The van der Waals surface area contributed by atoms with Gasteiger partial charge in [0.25, 0.3) is 0 Å². The van der Waals surface area contributed by atoms with Crippen molar-refractivity contribution in [3.8, 4) is 0 Å². The maximum Gasteiger partial charge on any atom is 0.192 e. The third kappa shape index (κ3) is 4.69. The number of rotatable bonds is 6. The Bertz CT molecular complexity index is 309. The molecular formula is C16H32O3Si. The number of hydrogen-bond acceptors (Lipinski definition) is 3. The van der Waals surface area contributed by atoms with Crippen LogP contribution in [-0.4, -0.2) is 40.3 Å². The molecule has 3 unspecified atom stereocenters. The summed E-state index contributed by atoms with van der Waals surface area (Å²) in [6.45, 7) is 16.0. The first-order chi connectivity index (χ1) is 9.21. The molecule has 0 aliphatic carbocycles. The average Bonchev–Trinajstić information content (AvgIpc) is 2.31. The molecule has 0 aromatic rings. The summed E-state index contributed by atoms with van der Waals surface area (Å²) in [6.07, 6.45) is 5.36. The standard InChI is InChI=1S/C16H32O3Si/c1-8-9-14-15(11-10-13(18-14)12-17-5)19-20(6,7)16(2,3)4/h8,13-15H,1,9-12H2,2-7H3. The van der Waals surface area contributed by atoms with E-state index in [9.17, 15) is 0 Å². The van der Waals surface area contributed by atoms with Gasteiger partial charge in [0.15, 0.2) is 8.32 Å². The molecule has 0 amide bonds. The van der Waals surface area contributed by atoms with Gasteiger partial charge >= 0.3 is 0 Å². The lowest BCUT2D eigenvalue weighted by Crippen LogP contribution is -2.50. The highest BCUT2D eigenvalue weighted by Crippen LogP contribution is 2.39. The zero-order chi connectivity index (χ0) is 15.4. The van der Waals surface area contributed by atoms with E-state index < -0.39 is 8.32 Å². The van der Waals surface area contributed by atoms with Gasteiger partial charge in [0.1, 0.15) is 0 Å². The van der Waals surface area contributed by atoms with E-state index in [1.54, 1.807) is 7.11 Å². The quantitative estimate of drug-likeness (QED) is 0.545. The Balaban J connectivity index is 2.70. The molecular weight excluding hydrogens is 268 g/mol. The van der Waals surface area contributed by atoms with Crippen molar-refractivity contribution in [2.45, 2.75) is 76.5 Å². The van der Waals surface area contributed by atoms with Crippen LogP contribution in [0.25, 0.3) is 0 Å². The minimum Gasteiger partial charge on any atom is -0.411 e. The summed E-state index contributed by atoms with van der Waals surface area (Å²) in [4.78, 5) is 0. The smallest absolute Gasteiger partial charge is 0.192 e. The summed E-state index contributed by atoms with van der Waals surface area (Å²) in [5.41, 5.74) is 0. The first-order valence-electron chi connectivity index (χ1n) is 7.64. The summed E-state index contributed by atoms with van der Waals surface area (Å²) in [7, 11) is -0.0229. The van der Waals surface area contributed by atoms with E-state index in [1.807, 2.05) is 6.08 Å². The van der Waals surface area contributed by atoms with Crippen LogP contribution < -0.4 is 0 Å². The van der Waals surface area contributed by atoms with Gasteiger partial charge in [-0.3, -0.25) is 0 Å². The summed E-state index contributed by atoms with van der Waals surface area (Å²) in [5.74, 6) is 0. The van der Waals surface area contributed by atoms with E-state index in [4.69, 9.17) is 13.9 Å². The first kappa shape index (κ1) is 17.9. The van der Waals surface area contributed by atoms with E-state index >= 15 is 0 Å². The van der Waals surface area contributed by atoms with E-state index in [2.05, 4.69) is 40.4 Å². The number of hydrogen-bond donors (Lipinski definition) is 0. The molecule has 0 saturated carbocycles. The molecule has 0 aromatic heterocycles. The van der Waals surface area contributed by atoms with Crippen molar-refractivity contribution in [3.05, 3.63) is 12.7 Å². The van der Waals surface area contributed by atoms with Gasteiger partial charge in [-0.05, 0) is 37.4 Å². The molecule has 3 nitrogen and oxygen atoms in total. The van der Waals surface area contributed by atoms with Crippen molar-refractivity contribution in [2.75, 3.05) is 13.7 Å². The predicted molar refractivity (Wildman–Crippen MR) is 86.7 cm³/mol. The normalized spacial score (nSPS) is 28.4. The molecule has 0 radical (unpaired) electrons. The van der Waals surface area contributed by atoms with Gasteiger partial charge in [0.05, 0.1) is 24.9 Å². The monoisotopic (exact) mass is 300 g/mol. The van der Waals surface area contributed by atoms with Crippen molar-refractivity contribution < 1.29 is 13.9 Å². The van der Waals surface area contributed by atoms with Gasteiger partial charge in [-0.25, -0.2) is 0 Å². The van der Waals surface area contributed by atoms with Crippen LogP contribution in [0.2, 0.25) is 18.1 Å². The Kier molecular flexibility index (Phi) is 6.45. The van der Waals surface area contributed by atoms with E-state index in [0.717, 1.165) is 19.3 Å². The number of ether oxygens (including phenoxy) is 2. The molecule has 0 bridgehead atoms. The molecule has 1 aliphatic rings. The van der Waals surface area contributed by atoms with E-state index in [-0.39, 0.29) is 23.4 Å². The van der Waals surface area contributed by atoms with Crippen LogP contribution in [0, 0.1) is 0 Å². The third-order valence-electron chi connectivity index (χ3n) is 4.56. The summed E-state index contributed by atoms with van der Waals surface area (Å²) >= 11 is 0. The summed E-state index contributed by atoms with van der Waals surface area (Å²) in [6, 6.07) is 0. The zero-order valence-corrected chi connectivity index (χ0v) is 15.1. The second-order valence-electron chi connectivity index (χ2n) is 7.27. The zero-order valence-electron chi connectivity index (χ0n) is 14.1. The topological polar surface area (TPSA) is 27.7 Å². The molecule has 1 fully saturated rings. The average molecular weight is 301 g/mol. The lowest BCUT2D eigenvalue weighted by Gasteiger charge is -2.44. The van der Waals surface area contributed by atoms with Gasteiger partial charge < -0.3 is 13.9 Å². The Hall–Kier alpha value is -0.163. The number of methoxy groups -OCH3 is 1. The lowest BCUT2D eigenvalue weighted by atomic mass is 9.99. The lowest BCUT2D eigenvalue weighted by molar-refractivity contribution is -0.127. The maximum atomic E-state index is 6.56. The molecule has 0 spiro atoms. The van der Waals surface area contributed by atoms with Crippen LogP contribution in [0.3, 0.4) is 0 Å². The molecule has 3 atom stereocenters. The molecule has 118 valence electrons. The second-order valence-corrected chi connectivity index (χ2v) is 12.0. The van der Waals surface area contributed by atoms with Crippen LogP contribution >= 0.6 is 0 Å². The molecule has 4 heteroatoms. The minimum atomic E-state index is -1.75. The van der Waals surface area contributed by atoms with Crippen LogP contribution in [-0.2, 0) is 13.9 Å². The summed E-state index contributed by atoms with van der Waals surface area (Å²) < 4.78 is 17.9. The van der Waals surface area contributed by atoms with Gasteiger partial charge in [0.2, 0.25) is 0 Å². The Morgan fingerprint density at radius 3 is 2.45 bits per heavy atom. The van der Waals surface area contributed by atoms with Crippen molar-refractivity contribution >= 4 is 8.32 Å². The molecule has 1 rings (SSSR count). The fraction of sp³-hybridized carbons (Fsp3) is 0.875. The van der Waals surface area contributed by atoms with Crippen molar-refractivity contribution in [1.29, 1.82) is 0 Å². The Morgan fingerprint density at radius 1 is 1.30 bits per heavy atom. The molecule has 1 heterocycles. The fourth-order valence-corrected chi connectivity index (χ4v) is 3.69. The maximum absolute atomic E-state index is 6.56. The van der Waals surface area contributed by atoms with Gasteiger partial charge in [0, 0.05) is 7.11 Å². The third-order valence-corrected chi connectivity index (χ3v) is 9.06. The predicted octanol–water partition coefficient (Wildman–Crippen LogP) is 4.15. The Labute approximate surface area is 125 Å². The molecule has 1 aliphatic heterocycles. The van der Waals surface area contributed by atoms with Crippen LogP contribution in [0.15, 0.2) is 12.7 Å². The SMILES string of the molecule is C=CCC1OC(COC)CCC1O[Si](C)(C)C(C)(C)C. The van der Waals surface area contributed by atoms with Gasteiger partial charge in [-0.2, -0.15) is 0 Å². The Morgan fingerprint density at radius 2 is 1.95 bits per heavy atom. The molecule has 1 saturated heterocycles. The highest BCUT2D eigenvalue weighted by molar-refractivity contribution is 6.74. The largest absolute Gasteiger partial charge is 0.411 e. The molecule has 0 N–H and O–H groups in total. The highest BCUT2D eigenvalue weighted by Gasteiger charge is 2.42. The molecule has 20 heavy (non-hydrogen) atoms. The van der Waals surface area contributed by atoms with Crippen molar-refractivity contribution in [1.82, 2.24) is 0 Å². The van der Waals surface area contributed by atoms with Crippen molar-refractivity contribution in [2.24, 2.45) is 0 Å². The fourth-order valence-electron chi connectivity index (χ4n) is 2.31. The van der Waals surface area contributed by atoms with E-state index in [1.165, 1.54) is 0 Å². The first-order valence-corrected chi connectivity index (χ1v) is 10.5. The molecule has 0 aromatic carbocycles. The van der Waals surface area contributed by atoms with Gasteiger partial charge in [-0.15, -0.1) is 6.58 Å². The van der Waals surface area contributed by atoms with Gasteiger partial charge in [-0.1, -0.05) is 26.8 Å². The highest BCUT2D eigenvalue weighted by atomic mass is 28.4. The van der Waals surface area contributed by atoms with Crippen LogP contribution in [0.5, 0.6) is 0 Å². The van der Waals surface area contributed by atoms with Crippen molar-refractivity contribution in [3.63, 3.8) is 0 Å².